The van der Waals surface area contributed by atoms with E-state index >= 15 is 0 Å². The predicted octanol–water partition coefficient (Wildman–Crippen LogP) is 6.87. The SMILES string of the molecule is CC(NCc1ccc2c(c1)nc(NC(=O)c1ccc(Cl)cc1)n2CC1CCCN1C(=O)OC(C)(C)C)C(C)(C)C. The van der Waals surface area contributed by atoms with Crippen molar-refractivity contribution in [2.75, 3.05) is 11.9 Å². The van der Waals surface area contributed by atoms with Gasteiger partial charge in [0.1, 0.15) is 5.60 Å². The minimum atomic E-state index is -0.571. The molecule has 2 unspecified atom stereocenters. The summed E-state index contributed by atoms with van der Waals surface area (Å²) in [5.74, 6) is 0.170. The lowest BCUT2D eigenvalue weighted by atomic mass is 9.88. The highest BCUT2D eigenvalue weighted by molar-refractivity contribution is 6.30. The minimum Gasteiger partial charge on any atom is -0.444 e. The second-order valence-electron chi connectivity index (χ2n) is 12.8. The quantitative estimate of drug-likeness (QED) is 0.325. The lowest BCUT2D eigenvalue weighted by Gasteiger charge is -2.29. The molecule has 0 radical (unpaired) electrons. The minimum absolute atomic E-state index is 0.0765. The van der Waals surface area contributed by atoms with E-state index in [9.17, 15) is 9.59 Å². The van der Waals surface area contributed by atoms with Crippen LogP contribution in [0.4, 0.5) is 10.7 Å². The summed E-state index contributed by atoms with van der Waals surface area (Å²) in [7, 11) is 0. The third-order valence-electron chi connectivity index (χ3n) is 7.45. The summed E-state index contributed by atoms with van der Waals surface area (Å²) in [6.07, 6.45) is 1.42. The van der Waals surface area contributed by atoms with E-state index in [0.717, 1.165) is 29.4 Å². The summed E-state index contributed by atoms with van der Waals surface area (Å²) >= 11 is 6.02. The van der Waals surface area contributed by atoms with E-state index in [1.165, 1.54) is 0 Å². The molecule has 8 nitrogen and oxygen atoms in total. The zero-order valence-electron chi connectivity index (χ0n) is 24.7. The van der Waals surface area contributed by atoms with Gasteiger partial charge in [0.05, 0.1) is 17.1 Å². The molecule has 216 valence electrons. The topological polar surface area (TPSA) is 88.5 Å². The third kappa shape index (κ3) is 7.34. The average Bonchev–Trinajstić information content (AvgIpc) is 3.46. The molecule has 0 aliphatic carbocycles. The van der Waals surface area contributed by atoms with Gasteiger partial charge in [-0.25, -0.2) is 9.78 Å². The molecule has 0 bridgehead atoms. The van der Waals surface area contributed by atoms with Crippen LogP contribution < -0.4 is 10.6 Å². The van der Waals surface area contributed by atoms with Crippen LogP contribution in [0.15, 0.2) is 42.5 Å². The molecule has 2 atom stereocenters. The van der Waals surface area contributed by atoms with E-state index < -0.39 is 5.60 Å². The first-order valence-electron chi connectivity index (χ1n) is 14.0. The van der Waals surface area contributed by atoms with Crippen LogP contribution in [-0.4, -0.2) is 50.7 Å². The number of halogens is 1. The number of hydrogen-bond donors (Lipinski definition) is 2. The van der Waals surface area contributed by atoms with Crippen molar-refractivity contribution in [2.45, 2.75) is 92.1 Å². The Morgan fingerprint density at radius 1 is 1.10 bits per heavy atom. The van der Waals surface area contributed by atoms with Crippen LogP contribution >= 0.6 is 11.6 Å². The van der Waals surface area contributed by atoms with Crippen LogP contribution in [0.25, 0.3) is 11.0 Å². The molecule has 1 aliphatic heterocycles. The maximum atomic E-state index is 13.2. The van der Waals surface area contributed by atoms with Crippen LogP contribution in [0, 0.1) is 5.41 Å². The first kappa shape index (κ1) is 29.9. The van der Waals surface area contributed by atoms with Crippen molar-refractivity contribution in [1.29, 1.82) is 0 Å². The Morgan fingerprint density at radius 2 is 1.80 bits per heavy atom. The normalized spacial score (nSPS) is 16.8. The number of hydrogen-bond acceptors (Lipinski definition) is 5. The number of amides is 2. The highest BCUT2D eigenvalue weighted by Crippen LogP contribution is 2.28. The summed E-state index contributed by atoms with van der Waals surface area (Å²) in [5, 5.41) is 7.17. The van der Waals surface area contributed by atoms with Crippen LogP contribution in [0.5, 0.6) is 0 Å². The molecular weight excluding hydrogens is 526 g/mol. The van der Waals surface area contributed by atoms with Gasteiger partial charge in [-0.1, -0.05) is 38.4 Å². The highest BCUT2D eigenvalue weighted by atomic mass is 35.5. The molecule has 1 saturated heterocycles. The van der Waals surface area contributed by atoms with Gasteiger partial charge in [0.25, 0.3) is 5.91 Å². The van der Waals surface area contributed by atoms with Gasteiger partial charge in [-0.2, -0.15) is 0 Å². The molecule has 0 saturated carbocycles. The van der Waals surface area contributed by atoms with E-state index in [0.29, 0.717) is 42.2 Å². The van der Waals surface area contributed by atoms with Gasteiger partial charge in [-0.3, -0.25) is 10.1 Å². The molecule has 2 aromatic carbocycles. The number of fused-ring (bicyclic) bond motifs is 1. The summed E-state index contributed by atoms with van der Waals surface area (Å²) in [6.45, 7) is 16.3. The first-order chi connectivity index (χ1) is 18.7. The standard InChI is InChI=1S/C31H42ClN5O3/c1-20(30(2,3)4)33-18-21-10-15-26-25(17-21)34-28(35-27(38)22-11-13-23(32)14-12-22)37(26)19-24-9-8-16-36(24)29(39)40-31(5,6)7/h10-15,17,20,24,33H,8-9,16,18-19H2,1-7H3,(H,34,35,38). The summed E-state index contributed by atoms with van der Waals surface area (Å²) in [5.41, 5.74) is 2.86. The Morgan fingerprint density at radius 3 is 2.45 bits per heavy atom. The molecule has 1 aliphatic rings. The average molecular weight is 568 g/mol. The lowest BCUT2D eigenvalue weighted by Crippen LogP contribution is -2.41. The van der Waals surface area contributed by atoms with Gasteiger partial charge in [-0.05, 0) is 87.9 Å². The summed E-state index contributed by atoms with van der Waals surface area (Å²) in [4.78, 5) is 32.8. The van der Waals surface area contributed by atoms with Gasteiger partial charge in [-0.15, -0.1) is 0 Å². The number of carbonyl (C=O) groups is 2. The molecule has 9 heteroatoms. The number of aromatic nitrogens is 2. The Kier molecular flexibility index (Phi) is 8.80. The van der Waals surface area contributed by atoms with Gasteiger partial charge in [0.2, 0.25) is 5.95 Å². The number of rotatable bonds is 7. The number of likely N-dealkylation sites (tertiary alicyclic amines) is 1. The molecule has 2 N–H and O–H groups in total. The van der Waals surface area contributed by atoms with Crippen molar-refractivity contribution < 1.29 is 14.3 Å². The van der Waals surface area contributed by atoms with Crippen LogP contribution in [0.2, 0.25) is 5.02 Å². The Hall–Kier alpha value is -3.10. The molecule has 0 spiro atoms. The highest BCUT2D eigenvalue weighted by Gasteiger charge is 2.33. The number of carbonyl (C=O) groups excluding carboxylic acids is 2. The van der Waals surface area contributed by atoms with Gasteiger partial charge < -0.3 is 19.5 Å². The lowest BCUT2D eigenvalue weighted by molar-refractivity contribution is 0.0215. The van der Waals surface area contributed by atoms with Gasteiger partial charge in [0, 0.05) is 36.3 Å². The van der Waals surface area contributed by atoms with Crippen LogP contribution in [0.3, 0.4) is 0 Å². The fourth-order valence-corrected chi connectivity index (χ4v) is 4.84. The fraction of sp³-hybridized carbons (Fsp3) is 0.516. The van der Waals surface area contributed by atoms with E-state index in [1.807, 2.05) is 31.4 Å². The number of benzene rings is 2. The largest absolute Gasteiger partial charge is 0.444 e. The fourth-order valence-electron chi connectivity index (χ4n) is 4.71. The Labute approximate surface area is 242 Å². The number of nitrogens with zero attached hydrogens (tertiary/aromatic N) is 3. The number of ether oxygens (including phenoxy) is 1. The zero-order chi connectivity index (χ0) is 29.2. The van der Waals surface area contributed by atoms with Crippen molar-refractivity contribution >= 4 is 40.6 Å². The second-order valence-corrected chi connectivity index (χ2v) is 13.2. The smallest absolute Gasteiger partial charge is 0.410 e. The molecule has 2 heterocycles. The van der Waals surface area contributed by atoms with Crippen molar-refractivity contribution in [1.82, 2.24) is 19.8 Å². The van der Waals surface area contributed by atoms with Gasteiger partial charge in [0.15, 0.2) is 0 Å². The summed E-state index contributed by atoms with van der Waals surface area (Å²) < 4.78 is 7.69. The van der Waals surface area contributed by atoms with Crippen molar-refractivity contribution in [2.24, 2.45) is 5.41 Å². The molecule has 40 heavy (non-hydrogen) atoms. The van der Waals surface area contributed by atoms with Crippen molar-refractivity contribution in [3.8, 4) is 0 Å². The van der Waals surface area contributed by atoms with Crippen molar-refractivity contribution in [3.63, 3.8) is 0 Å². The van der Waals surface area contributed by atoms with Crippen molar-refractivity contribution in [3.05, 3.63) is 58.6 Å². The Bertz CT molecular complexity index is 1350. The second kappa shape index (κ2) is 11.8. The van der Waals surface area contributed by atoms with E-state index in [1.54, 1.807) is 29.2 Å². The third-order valence-corrected chi connectivity index (χ3v) is 7.71. The number of anilines is 1. The molecule has 3 aromatic rings. The maximum Gasteiger partial charge on any atom is 0.410 e. The number of nitrogens with one attached hydrogen (secondary N) is 2. The zero-order valence-corrected chi connectivity index (χ0v) is 25.4. The Balaban J connectivity index is 1.64. The first-order valence-corrected chi connectivity index (χ1v) is 14.4. The van der Waals surface area contributed by atoms with Crippen LogP contribution in [0.1, 0.15) is 77.2 Å². The molecule has 2 amide bonds. The molecule has 4 rings (SSSR count). The predicted molar refractivity (Wildman–Crippen MR) is 161 cm³/mol. The maximum absolute atomic E-state index is 13.2. The molecule has 1 aromatic heterocycles. The molecule has 1 fully saturated rings. The summed E-state index contributed by atoms with van der Waals surface area (Å²) in [6, 6.07) is 13.2. The molecular formula is C31H42ClN5O3. The van der Waals surface area contributed by atoms with E-state index in [4.69, 9.17) is 21.3 Å². The van der Waals surface area contributed by atoms with Crippen LogP contribution in [-0.2, 0) is 17.8 Å². The van der Waals surface area contributed by atoms with Gasteiger partial charge >= 0.3 is 6.09 Å². The van der Waals surface area contributed by atoms with E-state index in [2.05, 4.69) is 50.5 Å². The number of imidazole rings is 1. The van der Waals surface area contributed by atoms with E-state index in [-0.39, 0.29) is 23.5 Å². The monoisotopic (exact) mass is 567 g/mol.